The average Bonchev–Trinajstić information content (AvgIpc) is 2.94. The SMILES string of the molecule is COCCCNC(=O)c1ccc(NC(=O)N2CCCCc3ccccc32)cc1. The van der Waals surface area contributed by atoms with E-state index in [9.17, 15) is 9.59 Å². The summed E-state index contributed by atoms with van der Waals surface area (Å²) in [5.41, 5.74) is 3.42. The highest BCUT2D eigenvalue weighted by molar-refractivity contribution is 6.02. The molecule has 1 aliphatic heterocycles. The Morgan fingerprint density at radius 2 is 1.86 bits per heavy atom. The number of methoxy groups -OCH3 is 1. The maximum absolute atomic E-state index is 12.8. The summed E-state index contributed by atoms with van der Waals surface area (Å²) < 4.78 is 4.97. The Kier molecular flexibility index (Phi) is 7.03. The van der Waals surface area contributed by atoms with E-state index < -0.39 is 0 Å². The number of benzene rings is 2. The molecule has 1 heterocycles. The minimum Gasteiger partial charge on any atom is -0.385 e. The van der Waals surface area contributed by atoms with Crippen molar-refractivity contribution in [3.05, 3.63) is 59.7 Å². The Hall–Kier alpha value is -2.86. The van der Waals surface area contributed by atoms with E-state index >= 15 is 0 Å². The van der Waals surface area contributed by atoms with Crippen molar-refractivity contribution in [3.63, 3.8) is 0 Å². The first-order valence-electron chi connectivity index (χ1n) is 9.72. The van der Waals surface area contributed by atoms with E-state index in [1.807, 2.05) is 18.2 Å². The summed E-state index contributed by atoms with van der Waals surface area (Å²) in [5, 5.41) is 5.79. The second-order valence-corrected chi connectivity index (χ2v) is 6.85. The topological polar surface area (TPSA) is 70.7 Å². The molecule has 0 spiro atoms. The van der Waals surface area contributed by atoms with Crippen molar-refractivity contribution in [2.45, 2.75) is 25.7 Å². The van der Waals surface area contributed by atoms with Gasteiger partial charge in [-0.2, -0.15) is 0 Å². The Bertz CT molecular complexity index is 805. The van der Waals surface area contributed by atoms with E-state index in [2.05, 4.69) is 16.7 Å². The van der Waals surface area contributed by atoms with E-state index in [4.69, 9.17) is 4.74 Å². The maximum atomic E-state index is 12.8. The average molecular weight is 381 g/mol. The van der Waals surface area contributed by atoms with Crippen molar-refractivity contribution in [3.8, 4) is 0 Å². The van der Waals surface area contributed by atoms with Gasteiger partial charge in [-0.05, 0) is 61.6 Å². The van der Waals surface area contributed by atoms with Gasteiger partial charge in [0, 0.05) is 43.7 Å². The van der Waals surface area contributed by atoms with Gasteiger partial charge in [0.1, 0.15) is 0 Å². The molecule has 2 aromatic rings. The lowest BCUT2D eigenvalue weighted by Crippen LogP contribution is -2.35. The predicted molar refractivity (Wildman–Crippen MR) is 111 cm³/mol. The van der Waals surface area contributed by atoms with Crippen LogP contribution in [0.25, 0.3) is 0 Å². The molecule has 0 bridgehead atoms. The molecule has 1 aliphatic rings. The highest BCUT2D eigenvalue weighted by Crippen LogP contribution is 2.26. The van der Waals surface area contributed by atoms with E-state index in [0.29, 0.717) is 30.9 Å². The molecule has 3 amide bonds. The lowest BCUT2D eigenvalue weighted by Gasteiger charge is -2.23. The number of fused-ring (bicyclic) bond motifs is 1. The Morgan fingerprint density at radius 1 is 1.07 bits per heavy atom. The highest BCUT2D eigenvalue weighted by Gasteiger charge is 2.20. The zero-order valence-electron chi connectivity index (χ0n) is 16.2. The summed E-state index contributed by atoms with van der Waals surface area (Å²) in [4.78, 5) is 26.7. The predicted octanol–water partition coefficient (Wildman–Crippen LogP) is 3.83. The van der Waals surface area contributed by atoms with Crippen molar-refractivity contribution in [1.29, 1.82) is 0 Å². The van der Waals surface area contributed by atoms with Gasteiger partial charge in [-0.25, -0.2) is 4.79 Å². The number of amides is 3. The summed E-state index contributed by atoms with van der Waals surface area (Å²) in [7, 11) is 1.64. The molecule has 28 heavy (non-hydrogen) atoms. The smallest absolute Gasteiger partial charge is 0.326 e. The van der Waals surface area contributed by atoms with Crippen LogP contribution in [0, 0.1) is 0 Å². The second kappa shape index (κ2) is 9.90. The summed E-state index contributed by atoms with van der Waals surface area (Å²) in [6.07, 6.45) is 3.82. The third kappa shape index (κ3) is 5.10. The molecule has 148 valence electrons. The van der Waals surface area contributed by atoms with Crippen LogP contribution in [0.2, 0.25) is 0 Å². The fourth-order valence-electron chi connectivity index (χ4n) is 3.32. The fourth-order valence-corrected chi connectivity index (χ4v) is 3.32. The second-order valence-electron chi connectivity index (χ2n) is 6.85. The lowest BCUT2D eigenvalue weighted by atomic mass is 10.1. The normalized spacial score (nSPS) is 13.4. The molecule has 3 rings (SSSR count). The molecule has 6 nitrogen and oxygen atoms in total. The minimum atomic E-state index is -0.147. The molecule has 6 heteroatoms. The van der Waals surface area contributed by atoms with Crippen molar-refractivity contribution >= 4 is 23.3 Å². The van der Waals surface area contributed by atoms with Crippen LogP contribution in [0.5, 0.6) is 0 Å². The van der Waals surface area contributed by atoms with Gasteiger partial charge in [-0.3, -0.25) is 9.69 Å². The van der Waals surface area contributed by atoms with Gasteiger partial charge in [0.25, 0.3) is 5.91 Å². The molecule has 0 radical (unpaired) electrons. The first-order chi connectivity index (χ1) is 13.7. The van der Waals surface area contributed by atoms with Crippen molar-refractivity contribution in [2.24, 2.45) is 0 Å². The Morgan fingerprint density at radius 3 is 2.64 bits per heavy atom. The third-order valence-electron chi connectivity index (χ3n) is 4.81. The maximum Gasteiger partial charge on any atom is 0.326 e. The number of para-hydroxylation sites is 1. The largest absolute Gasteiger partial charge is 0.385 e. The van der Waals surface area contributed by atoms with Crippen LogP contribution in [-0.4, -0.2) is 38.7 Å². The lowest BCUT2D eigenvalue weighted by molar-refractivity contribution is 0.0948. The summed E-state index contributed by atoms with van der Waals surface area (Å²) in [5.74, 6) is -0.129. The van der Waals surface area contributed by atoms with Gasteiger partial charge >= 0.3 is 6.03 Å². The molecule has 0 aliphatic carbocycles. The molecule has 0 aromatic heterocycles. The molecule has 0 saturated heterocycles. The van der Waals surface area contributed by atoms with Crippen LogP contribution in [0.1, 0.15) is 35.2 Å². The van der Waals surface area contributed by atoms with Crippen molar-refractivity contribution in [1.82, 2.24) is 5.32 Å². The number of anilines is 2. The number of nitrogens with one attached hydrogen (secondary N) is 2. The number of nitrogens with zero attached hydrogens (tertiary/aromatic N) is 1. The number of urea groups is 1. The van der Waals surface area contributed by atoms with Gasteiger partial charge < -0.3 is 15.4 Å². The van der Waals surface area contributed by atoms with Crippen molar-refractivity contribution in [2.75, 3.05) is 37.0 Å². The van der Waals surface area contributed by atoms with Crippen LogP contribution < -0.4 is 15.5 Å². The number of hydrogen-bond acceptors (Lipinski definition) is 3. The van der Waals surface area contributed by atoms with Crippen LogP contribution in [0.3, 0.4) is 0 Å². The van der Waals surface area contributed by atoms with Crippen LogP contribution in [0.15, 0.2) is 48.5 Å². The zero-order valence-corrected chi connectivity index (χ0v) is 16.2. The molecule has 2 aromatic carbocycles. The minimum absolute atomic E-state index is 0.129. The molecule has 2 N–H and O–H groups in total. The summed E-state index contributed by atoms with van der Waals surface area (Å²) in [6.45, 7) is 1.88. The quantitative estimate of drug-likeness (QED) is 0.747. The molecule has 0 fully saturated rings. The molecule has 0 unspecified atom stereocenters. The van der Waals surface area contributed by atoms with Crippen LogP contribution >= 0.6 is 0 Å². The molecule has 0 atom stereocenters. The number of ether oxygens (including phenoxy) is 1. The standard InChI is InChI=1S/C22H27N3O3/c1-28-16-6-14-23-21(26)18-10-12-19(13-11-18)24-22(27)25-15-5-4-8-17-7-2-3-9-20(17)25/h2-3,7,9-13H,4-6,8,14-16H2,1H3,(H,23,26)(H,24,27). The number of rotatable bonds is 6. The van der Waals surface area contributed by atoms with Gasteiger partial charge in [0.05, 0.1) is 0 Å². The number of hydrogen-bond donors (Lipinski definition) is 2. The summed E-state index contributed by atoms with van der Waals surface area (Å²) >= 11 is 0. The van der Waals surface area contributed by atoms with Crippen LogP contribution in [-0.2, 0) is 11.2 Å². The number of aryl methyl sites for hydroxylation is 1. The van der Waals surface area contributed by atoms with Gasteiger partial charge in [0.15, 0.2) is 0 Å². The first kappa shape index (κ1) is 19.9. The van der Waals surface area contributed by atoms with Gasteiger partial charge in [0.2, 0.25) is 0 Å². The van der Waals surface area contributed by atoms with E-state index in [0.717, 1.165) is 31.4 Å². The molecular formula is C22H27N3O3. The Balaban J connectivity index is 1.61. The van der Waals surface area contributed by atoms with E-state index in [-0.39, 0.29) is 11.9 Å². The van der Waals surface area contributed by atoms with Gasteiger partial charge in [-0.1, -0.05) is 18.2 Å². The molecular weight excluding hydrogens is 354 g/mol. The van der Waals surface area contributed by atoms with E-state index in [1.54, 1.807) is 36.3 Å². The van der Waals surface area contributed by atoms with Crippen LogP contribution in [0.4, 0.5) is 16.2 Å². The number of carbonyl (C=O) groups is 2. The Labute approximate surface area is 165 Å². The monoisotopic (exact) mass is 381 g/mol. The zero-order chi connectivity index (χ0) is 19.8. The highest BCUT2D eigenvalue weighted by atomic mass is 16.5. The first-order valence-corrected chi connectivity index (χ1v) is 9.72. The third-order valence-corrected chi connectivity index (χ3v) is 4.81. The van der Waals surface area contributed by atoms with Crippen molar-refractivity contribution < 1.29 is 14.3 Å². The van der Waals surface area contributed by atoms with Gasteiger partial charge in [-0.15, -0.1) is 0 Å². The number of carbonyl (C=O) groups excluding carboxylic acids is 2. The summed E-state index contributed by atoms with van der Waals surface area (Å²) in [6, 6.07) is 14.9. The molecule has 0 saturated carbocycles. The van der Waals surface area contributed by atoms with E-state index in [1.165, 1.54) is 5.56 Å². The fraction of sp³-hybridized carbons (Fsp3) is 0.364.